The molecule has 0 aliphatic rings. The third-order valence-electron chi connectivity index (χ3n) is 2.23. The lowest BCUT2D eigenvalue weighted by Gasteiger charge is -2.10. The van der Waals surface area contributed by atoms with Gasteiger partial charge in [0.2, 0.25) is 5.09 Å². The monoisotopic (exact) mass is 261 g/mol. The van der Waals surface area contributed by atoms with E-state index in [9.17, 15) is 13.2 Å². The van der Waals surface area contributed by atoms with E-state index in [-0.39, 0.29) is 29.9 Å². The van der Waals surface area contributed by atoms with Crippen LogP contribution in [0.25, 0.3) is 0 Å². The van der Waals surface area contributed by atoms with Crippen LogP contribution in [-0.2, 0) is 10.0 Å². The predicted octanol–water partition coefficient (Wildman–Crippen LogP) is 0.389. The van der Waals surface area contributed by atoms with Crippen LogP contribution in [0.2, 0.25) is 0 Å². The Bertz CT molecular complexity index is 465. The molecule has 6 nitrogen and oxygen atoms in total. The number of aliphatic hydroxyl groups excluding tert-OH is 1. The molecule has 0 saturated heterocycles. The van der Waals surface area contributed by atoms with E-state index in [0.717, 1.165) is 0 Å². The summed E-state index contributed by atoms with van der Waals surface area (Å²) in [6.45, 7) is 2.04. The van der Waals surface area contributed by atoms with Crippen molar-refractivity contribution in [3.63, 3.8) is 0 Å². The van der Waals surface area contributed by atoms with Gasteiger partial charge in [0.05, 0.1) is 0 Å². The molecule has 0 aliphatic heterocycles. The predicted molar refractivity (Wildman–Crippen MR) is 60.2 cm³/mol. The van der Waals surface area contributed by atoms with Crippen molar-refractivity contribution in [1.82, 2.24) is 4.72 Å². The highest BCUT2D eigenvalue weighted by molar-refractivity contribution is 7.89. The van der Waals surface area contributed by atoms with Gasteiger partial charge >= 0.3 is 0 Å². The molecule has 0 aromatic carbocycles. The SMILES string of the molecule is CC(CCO)CNS(=O)(=O)c1ccc(C=O)o1. The number of hydrogen-bond acceptors (Lipinski definition) is 5. The highest BCUT2D eigenvalue weighted by atomic mass is 32.2. The summed E-state index contributed by atoms with van der Waals surface area (Å²) in [7, 11) is -3.72. The first-order valence-electron chi connectivity index (χ1n) is 5.15. The van der Waals surface area contributed by atoms with Crippen LogP contribution < -0.4 is 4.72 Å². The molecule has 0 saturated carbocycles. The Morgan fingerprint density at radius 1 is 1.53 bits per heavy atom. The summed E-state index contributed by atoms with van der Waals surface area (Å²) >= 11 is 0. The molecule has 2 N–H and O–H groups in total. The summed E-state index contributed by atoms with van der Waals surface area (Å²) in [5.41, 5.74) is 0. The van der Waals surface area contributed by atoms with Crippen molar-refractivity contribution in [3.8, 4) is 0 Å². The number of furan rings is 1. The van der Waals surface area contributed by atoms with Crippen LogP contribution in [-0.4, -0.2) is 33.0 Å². The van der Waals surface area contributed by atoms with Gasteiger partial charge in [-0.05, 0) is 24.5 Å². The number of carbonyl (C=O) groups is 1. The summed E-state index contributed by atoms with van der Waals surface area (Å²) in [4.78, 5) is 10.4. The molecule has 1 aromatic heterocycles. The molecule has 0 bridgehead atoms. The lowest BCUT2D eigenvalue weighted by molar-refractivity contribution is 0.109. The first-order chi connectivity index (χ1) is 7.99. The van der Waals surface area contributed by atoms with Gasteiger partial charge in [0, 0.05) is 13.2 Å². The van der Waals surface area contributed by atoms with E-state index in [1.54, 1.807) is 0 Å². The second kappa shape index (κ2) is 5.95. The van der Waals surface area contributed by atoms with Crippen molar-refractivity contribution in [3.05, 3.63) is 17.9 Å². The fourth-order valence-corrected chi connectivity index (χ4v) is 2.29. The highest BCUT2D eigenvalue weighted by Crippen LogP contribution is 2.12. The van der Waals surface area contributed by atoms with E-state index in [4.69, 9.17) is 9.52 Å². The molecule has 0 amide bonds. The van der Waals surface area contributed by atoms with Gasteiger partial charge < -0.3 is 9.52 Å². The van der Waals surface area contributed by atoms with Gasteiger partial charge in [-0.25, -0.2) is 13.1 Å². The Morgan fingerprint density at radius 3 is 2.76 bits per heavy atom. The first-order valence-corrected chi connectivity index (χ1v) is 6.63. The van der Waals surface area contributed by atoms with Gasteiger partial charge in [0.25, 0.3) is 10.0 Å². The minimum Gasteiger partial charge on any atom is -0.440 e. The zero-order chi connectivity index (χ0) is 12.9. The van der Waals surface area contributed by atoms with Crippen molar-refractivity contribution in [2.45, 2.75) is 18.4 Å². The molecular formula is C10H15NO5S. The second-order valence-electron chi connectivity index (χ2n) is 3.74. The summed E-state index contributed by atoms with van der Waals surface area (Å²) < 4.78 is 30.5. The molecule has 1 atom stereocenters. The van der Waals surface area contributed by atoms with Crippen molar-refractivity contribution >= 4 is 16.3 Å². The summed E-state index contributed by atoms with van der Waals surface area (Å²) in [6.07, 6.45) is 0.952. The summed E-state index contributed by atoms with van der Waals surface area (Å²) in [5, 5.41) is 8.40. The molecule has 0 aliphatic carbocycles. The molecular weight excluding hydrogens is 246 g/mol. The van der Waals surface area contributed by atoms with Crippen LogP contribution in [0.1, 0.15) is 23.9 Å². The van der Waals surface area contributed by atoms with E-state index in [0.29, 0.717) is 12.7 Å². The lowest BCUT2D eigenvalue weighted by atomic mass is 10.1. The Hall–Kier alpha value is -1.18. The zero-order valence-electron chi connectivity index (χ0n) is 9.42. The van der Waals surface area contributed by atoms with Crippen molar-refractivity contribution in [2.75, 3.05) is 13.2 Å². The van der Waals surface area contributed by atoms with E-state index in [2.05, 4.69) is 4.72 Å². The maximum absolute atomic E-state index is 11.7. The molecule has 1 rings (SSSR count). The number of rotatable bonds is 7. The van der Waals surface area contributed by atoms with Gasteiger partial charge in [-0.15, -0.1) is 0 Å². The van der Waals surface area contributed by atoms with E-state index < -0.39 is 10.0 Å². The summed E-state index contributed by atoms with van der Waals surface area (Å²) in [5.74, 6) is -0.0101. The van der Waals surface area contributed by atoms with Crippen molar-refractivity contribution in [1.29, 1.82) is 0 Å². The van der Waals surface area contributed by atoms with E-state index >= 15 is 0 Å². The number of nitrogens with one attached hydrogen (secondary N) is 1. The van der Waals surface area contributed by atoms with Crippen LogP contribution in [0, 0.1) is 5.92 Å². The van der Waals surface area contributed by atoms with Crippen LogP contribution in [0.15, 0.2) is 21.6 Å². The normalized spacial score (nSPS) is 13.5. The fourth-order valence-electron chi connectivity index (χ4n) is 1.19. The minimum atomic E-state index is -3.72. The number of hydrogen-bond donors (Lipinski definition) is 2. The molecule has 0 fully saturated rings. The van der Waals surface area contributed by atoms with Crippen LogP contribution >= 0.6 is 0 Å². The maximum atomic E-state index is 11.7. The van der Waals surface area contributed by atoms with Crippen LogP contribution in [0.4, 0.5) is 0 Å². The largest absolute Gasteiger partial charge is 0.440 e. The summed E-state index contributed by atoms with van der Waals surface area (Å²) in [6, 6.07) is 2.52. The van der Waals surface area contributed by atoms with Crippen LogP contribution in [0.5, 0.6) is 0 Å². The van der Waals surface area contributed by atoms with E-state index in [1.165, 1.54) is 12.1 Å². The number of aliphatic hydroxyl groups is 1. The smallest absolute Gasteiger partial charge is 0.273 e. The molecule has 17 heavy (non-hydrogen) atoms. The third-order valence-corrected chi connectivity index (χ3v) is 3.52. The van der Waals surface area contributed by atoms with Gasteiger partial charge in [-0.2, -0.15) is 0 Å². The number of aldehydes is 1. The van der Waals surface area contributed by atoms with Crippen molar-refractivity contribution < 1.29 is 22.7 Å². The van der Waals surface area contributed by atoms with Crippen LogP contribution in [0.3, 0.4) is 0 Å². The molecule has 0 spiro atoms. The Balaban J connectivity index is 2.65. The average Bonchev–Trinajstić information content (AvgIpc) is 2.76. The minimum absolute atomic E-state index is 0.0128. The molecule has 1 heterocycles. The van der Waals surface area contributed by atoms with Gasteiger partial charge in [0.1, 0.15) is 0 Å². The molecule has 96 valence electrons. The molecule has 1 aromatic rings. The standard InChI is InChI=1S/C10H15NO5S/c1-8(4-5-12)6-11-17(14,15)10-3-2-9(7-13)16-10/h2-3,7-8,11-12H,4-6H2,1H3. The quantitative estimate of drug-likeness (QED) is 0.692. The zero-order valence-corrected chi connectivity index (χ0v) is 10.2. The topological polar surface area (TPSA) is 96.6 Å². The average molecular weight is 261 g/mol. The highest BCUT2D eigenvalue weighted by Gasteiger charge is 2.19. The molecule has 7 heteroatoms. The third kappa shape index (κ3) is 3.95. The number of sulfonamides is 1. The lowest BCUT2D eigenvalue weighted by Crippen LogP contribution is -2.28. The van der Waals surface area contributed by atoms with E-state index in [1.807, 2.05) is 6.92 Å². The molecule has 1 unspecified atom stereocenters. The second-order valence-corrected chi connectivity index (χ2v) is 5.44. The first kappa shape index (κ1) is 13.9. The van der Waals surface area contributed by atoms with Gasteiger partial charge in [-0.1, -0.05) is 6.92 Å². The van der Waals surface area contributed by atoms with Crippen molar-refractivity contribution in [2.24, 2.45) is 5.92 Å². The Kier molecular flexibility index (Phi) is 4.86. The van der Waals surface area contributed by atoms with Gasteiger partial charge in [0.15, 0.2) is 12.0 Å². The number of carbonyl (C=O) groups excluding carboxylic acids is 1. The Morgan fingerprint density at radius 2 is 2.24 bits per heavy atom. The Labute approximate surface area is 99.7 Å². The molecule has 0 radical (unpaired) electrons. The fraction of sp³-hybridized carbons (Fsp3) is 0.500. The van der Waals surface area contributed by atoms with Gasteiger partial charge in [-0.3, -0.25) is 4.79 Å². The maximum Gasteiger partial charge on any atom is 0.273 e.